The summed E-state index contributed by atoms with van der Waals surface area (Å²) in [6.07, 6.45) is 4.17. The maximum Gasteiger partial charge on any atom is 0.261 e. The van der Waals surface area contributed by atoms with Crippen LogP contribution in [0.5, 0.6) is 0 Å². The lowest BCUT2D eigenvalue weighted by molar-refractivity contribution is 0.0792. The van der Waals surface area contributed by atoms with E-state index in [0.717, 1.165) is 49.2 Å². The molecule has 0 spiro atoms. The summed E-state index contributed by atoms with van der Waals surface area (Å²) in [6, 6.07) is 18.1. The Labute approximate surface area is 180 Å². The lowest BCUT2D eigenvalue weighted by atomic mass is 9.91. The molecule has 3 aromatic rings. The molecular weight excluding hydrogens is 392 g/mol. The highest BCUT2D eigenvalue weighted by molar-refractivity contribution is 7.17. The molecule has 2 aromatic carbocycles. The van der Waals surface area contributed by atoms with Crippen LogP contribution in [0.4, 0.5) is 0 Å². The van der Waals surface area contributed by atoms with Crippen molar-refractivity contribution in [2.24, 2.45) is 0 Å². The van der Waals surface area contributed by atoms with Crippen LogP contribution in [0.15, 0.2) is 54.6 Å². The largest absolute Gasteiger partial charge is 0.347 e. The zero-order valence-electron chi connectivity index (χ0n) is 16.8. The van der Waals surface area contributed by atoms with Crippen LogP contribution >= 0.6 is 11.3 Å². The molecule has 5 heteroatoms. The topological polar surface area (TPSA) is 49.4 Å². The summed E-state index contributed by atoms with van der Waals surface area (Å²) in [5, 5.41) is 3.03. The van der Waals surface area contributed by atoms with E-state index in [4.69, 9.17) is 0 Å². The second kappa shape index (κ2) is 8.07. The van der Waals surface area contributed by atoms with E-state index in [0.29, 0.717) is 12.1 Å². The number of benzene rings is 2. The number of hydrogen-bond donors (Lipinski definition) is 1. The minimum atomic E-state index is -0.0526. The van der Waals surface area contributed by atoms with E-state index in [1.54, 1.807) is 11.3 Å². The number of fused-ring (bicyclic) bond motifs is 3. The van der Waals surface area contributed by atoms with E-state index in [-0.39, 0.29) is 11.8 Å². The van der Waals surface area contributed by atoms with Gasteiger partial charge in [-0.1, -0.05) is 36.4 Å². The molecule has 1 saturated heterocycles. The Bertz CT molecular complexity index is 1110. The molecule has 0 radical (unpaired) electrons. The molecule has 0 saturated carbocycles. The van der Waals surface area contributed by atoms with Crippen molar-refractivity contribution in [2.75, 3.05) is 13.1 Å². The number of likely N-dealkylation sites (tertiary alicyclic amines) is 1. The van der Waals surface area contributed by atoms with E-state index in [1.165, 1.54) is 21.6 Å². The second-order valence-electron chi connectivity index (χ2n) is 8.00. The van der Waals surface area contributed by atoms with Gasteiger partial charge in [0.15, 0.2) is 0 Å². The first-order valence-electron chi connectivity index (χ1n) is 10.6. The Balaban J connectivity index is 1.28. The fourth-order valence-electron chi connectivity index (χ4n) is 4.37. The van der Waals surface area contributed by atoms with Gasteiger partial charge in [-0.15, -0.1) is 11.3 Å². The van der Waals surface area contributed by atoms with Crippen molar-refractivity contribution in [3.8, 4) is 10.4 Å². The third-order valence-electron chi connectivity index (χ3n) is 5.98. The fourth-order valence-corrected chi connectivity index (χ4v) is 5.56. The molecule has 1 aromatic heterocycles. The van der Waals surface area contributed by atoms with Gasteiger partial charge in [0.2, 0.25) is 0 Å². The smallest absolute Gasteiger partial charge is 0.261 e. The zero-order chi connectivity index (χ0) is 20.5. The molecule has 152 valence electrons. The Morgan fingerprint density at radius 2 is 1.73 bits per heavy atom. The molecule has 5 rings (SSSR count). The standard InChI is InChI=1S/C25H24N2O2S/c28-24(22-15-19-11-10-18-7-1-2-9-21(18)23(19)30-22)26-16-17-6-5-8-20(14-17)25(29)27-12-3-4-13-27/h1-2,5-9,14-15H,3-4,10-13,16H2,(H,26,28). The average molecular weight is 417 g/mol. The molecule has 0 bridgehead atoms. The number of carbonyl (C=O) groups excluding carboxylic acids is 2. The molecule has 0 unspecified atom stereocenters. The number of aryl methyl sites for hydroxylation is 2. The monoisotopic (exact) mass is 416 g/mol. The molecule has 0 atom stereocenters. The van der Waals surface area contributed by atoms with E-state index in [9.17, 15) is 9.59 Å². The quantitative estimate of drug-likeness (QED) is 0.671. The van der Waals surface area contributed by atoms with Crippen molar-refractivity contribution in [1.82, 2.24) is 10.2 Å². The van der Waals surface area contributed by atoms with Crippen LogP contribution in [0.1, 0.15) is 49.6 Å². The fraction of sp³-hybridized carbons (Fsp3) is 0.280. The average Bonchev–Trinajstić information content (AvgIpc) is 3.47. The Morgan fingerprint density at radius 1 is 0.933 bits per heavy atom. The van der Waals surface area contributed by atoms with Crippen molar-refractivity contribution in [3.05, 3.63) is 81.7 Å². The predicted molar refractivity (Wildman–Crippen MR) is 120 cm³/mol. The van der Waals surface area contributed by atoms with Crippen molar-refractivity contribution in [2.45, 2.75) is 32.2 Å². The van der Waals surface area contributed by atoms with Gasteiger partial charge in [0.25, 0.3) is 11.8 Å². The van der Waals surface area contributed by atoms with Gasteiger partial charge >= 0.3 is 0 Å². The minimum Gasteiger partial charge on any atom is -0.347 e. The second-order valence-corrected chi connectivity index (χ2v) is 9.06. The maximum absolute atomic E-state index is 12.8. The van der Waals surface area contributed by atoms with Gasteiger partial charge < -0.3 is 10.2 Å². The molecule has 30 heavy (non-hydrogen) atoms. The maximum atomic E-state index is 12.8. The summed E-state index contributed by atoms with van der Waals surface area (Å²) in [6.45, 7) is 2.09. The summed E-state index contributed by atoms with van der Waals surface area (Å²) in [5.74, 6) is 0.0356. The van der Waals surface area contributed by atoms with Crippen LogP contribution in [-0.2, 0) is 19.4 Å². The summed E-state index contributed by atoms with van der Waals surface area (Å²) in [4.78, 5) is 29.3. The number of hydrogen-bond acceptors (Lipinski definition) is 3. The molecule has 2 aliphatic rings. The van der Waals surface area contributed by atoms with E-state index in [1.807, 2.05) is 35.2 Å². The Hall–Kier alpha value is -2.92. The van der Waals surface area contributed by atoms with Crippen LogP contribution in [0.2, 0.25) is 0 Å². The minimum absolute atomic E-state index is 0.0526. The normalized spacial score (nSPS) is 14.9. The van der Waals surface area contributed by atoms with Gasteiger partial charge in [-0.05, 0) is 66.1 Å². The zero-order valence-corrected chi connectivity index (χ0v) is 17.6. The number of nitrogens with one attached hydrogen (secondary N) is 1. The molecular formula is C25H24N2O2S. The van der Waals surface area contributed by atoms with Gasteiger partial charge in [0.1, 0.15) is 0 Å². The summed E-state index contributed by atoms with van der Waals surface area (Å²) in [7, 11) is 0. The lowest BCUT2D eigenvalue weighted by Crippen LogP contribution is -2.28. The van der Waals surface area contributed by atoms with Crippen molar-refractivity contribution >= 4 is 23.2 Å². The van der Waals surface area contributed by atoms with Crippen molar-refractivity contribution in [1.29, 1.82) is 0 Å². The highest BCUT2D eigenvalue weighted by Gasteiger charge is 2.22. The van der Waals surface area contributed by atoms with Crippen LogP contribution in [-0.4, -0.2) is 29.8 Å². The first-order valence-corrected chi connectivity index (χ1v) is 11.4. The molecule has 1 aliphatic carbocycles. The molecule has 1 aliphatic heterocycles. The van der Waals surface area contributed by atoms with Crippen molar-refractivity contribution in [3.63, 3.8) is 0 Å². The van der Waals surface area contributed by atoms with Crippen LogP contribution < -0.4 is 5.32 Å². The first kappa shape index (κ1) is 19.1. The highest BCUT2D eigenvalue weighted by atomic mass is 32.1. The Kier molecular flexibility index (Phi) is 5.13. The van der Waals surface area contributed by atoms with E-state index < -0.39 is 0 Å². The number of nitrogens with zero attached hydrogens (tertiary/aromatic N) is 1. The number of rotatable bonds is 4. The predicted octanol–water partition coefficient (Wildman–Crippen LogP) is 4.68. The summed E-state index contributed by atoms with van der Waals surface area (Å²) >= 11 is 1.57. The third-order valence-corrected chi connectivity index (χ3v) is 7.19. The number of thiophene rings is 1. The SMILES string of the molecule is O=C(NCc1cccc(C(=O)N2CCCC2)c1)c1cc2c(s1)-c1ccccc1CC2. The van der Waals surface area contributed by atoms with Gasteiger partial charge in [0, 0.05) is 30.1 Å². The number of carbonyl (C=O) groups is 2. The first-order chi connectivity index (χ1) is 14.7. The summed E-state index contributed by atoms with van der Waals surface area (Å²) < 4.78 is 0. The third kappa shape index (κ3) is 3.65. The van der Waals surface area contributed by atoms with Crippen LogP contribution in [0, 0.1) is 0 Å². The molecule has 1 fully saturated rings. The molecule has 4 nitrogen and oxygen atoms in total. The lowest BCUT2D eigenvalue weighted by Gasteiger charge is -2.15. The Morgan fingerprint density at radius 3 is 2.60 bits per heavy atom. The highest BCUT2D eigenvalue weighted by Crippen LogP contribution is 2.39. The van der Waals surface area contributed by atoms with Gasteiger partial charge in [-0.2, -0.15) is 0 Å². The van der Waals surface area contributed by atoms with Gasteiger partial charge in [-0.25, -0.2) is 0 Å². The van der Waals surface area contributed by atoms with Crippen molar-refractivity contribution < 1.29 is 9.59 Å². The van der Waals surface area contributed by atoms with Crippen LogP contribution in [0.3, 0.4) is 0 Å². The molecule has 1 N–H and O–H groups in total. The van der Waals surface area contributed by atoms with E-state index >= 15 is 0 Å². The number of amides is 2. The molecule has 2 amide bonds. The summed E-state index contributed by atoms with van der Waals surface area (Å²) in [5.41, 5.74) is 5.53. The van der Waals surface area contributed by atoms with E-state index in [2.05, 4.69) is 29.6 Å². The molecule has 2 heterocycles. The van der Waals surface area contributed by atoms with Gasteiger partial charge in [-0.3, -0.25) is 9.59 Å². The van der Waals surface area contributed by atoms with Crippen LogP contribution in [0.25, 0.3) is 10.4 Å². The van der Waals surface area contributed by atoms with Gasteiger partial charge in [0.05, 0.1) is 4.88 Å².